The highest BCUT2D eigenvalue weighted by atomic mass is 16.5. The lowest BCUT2D eigenvalue weighted by Gasteiger charge is -2.05. The number of nitrogen functional groups attached to an aromatic ring is 1. The third-order valence-electron chi connectivity index (χ3n) is 1.73. The number of hydrogen-bond acceptors (Lipinski definition) is 2. The quantitative estimate of drug-likeness (QED) is 0.450. The molecule has 0 saturated heterocycles. The van der Waals surface area contributed by atoms with Crippen molar-refractivity contribution in [2.24, 2.45) is 0 Å². The minimum atomic E-state index is 0.741. The Hall–Kier alpha value is -1.70. The van der Waals surface area contributed by atoms with E-state index in [4.69, 9.17) is 10.5 Å². The van der Waals surface area contributed by atoms with Crippen molar-refractivity contribution in [3.05, 3.63) is 48.3 Å². The van der Waals surface area contributed by atoms with Crippen LogP contribution in [0.1, 0.15) is 13.8 Å². The van der Waals surface area contributed by atoms with E-state index in [1.54, 1.807) is 0 Å². The monoisotopic (exact) mass is 189 g/mol. The van der Waals surface area contributed by atoms with Crippen molar-refractivity contribution < 1.29 is 4.74 Å². The predicted octanol–water partition coefficient (Wildman–Crippen LogP) is 3.13. The second-order valence-corrected chi connectivity index (χ2v) is 2.86. The minimum Gasteiger partial charge on any atom is -0.458 e. The summed E-state index contributed by atoms with van der Waals surface area (Å²) in [5.74, 6) is 1.63. The van der Waals surface area contributed by atoms with Gasteiger partial charge in [-0.2, -0.15) is 0 Å². The van der Waals surface area contributed by atoms with E-state index in [0.29, 0.717) is 0 Å². The van der Waals surface area contributed by atoms with E-state index in [1.165, 1.54) is 0 Å². The molecule has 14 heavy (non-hydrogen) atoms. The van der Waals surface area contributed by atoms with Gasteiger partial charge in [-0.3, -0.25) is 0 Å². The second-order valence-electron chi connectivity index (χ2n) is 2.86. The Morgan fingerprint density at radius 3 is 2.36 bits per heavy atom. The van der Waals surface area contributed by atoms with Gasteiger partial charge in [-0.25, -0.2) is 0 Å². The molecule has 0 bridgehead atoms. The smallest absolute Gasteiger partial charge is 0.127 e. The predicted molar refractivity (Wildman–Crippen MR) is 60.1 cm³/mol. The SMILES string of the molecule is C/C=C\C(=C/C)Oc1ccc(N)cc1. The molecule has 0 heterocycles. The average Bonchev–Trinajstić information content (AvgIpc) is 2.20. The maximum absolute atomic E-state index is 5.58. The maximum atomic E-state index is 5.58. The molecule has 0 aliphatic rings. The van der Waals surface area contributed by atoms with E-state index >= 15 is 0 Å². The van der Waals surface area contributed by atoms with E-state index in [2.05, 4.69) is 0 Å². The highest BCUT2D eigenvalue weighted by molar-refractivity contribution is 5.42. The van der Waals surface area contributed by atoms with E-state index in [0.717, 1.165) is 17.2 Å². The second kappa shape index (κ2) is 5.12. The Morgan fingerprint density at radius 2 is 1.86 bits per heavy atom. The van der Waals surface area contributed by atoms with E-state index in [9.17, 15) is 0 Å². The molecule has 0 atom stereocenters. The molecular weight excluding hydrogens is 174 g/mol. The van der Waals surface area contributed by atoms with Crippen LogP contribution >= 0.6 is 0 Å². The third kappa shape index (κ3) is 2.98. The van der Waals surface area contributed by atoms with Gasteiger partial charge in [0.15, 0.2) is 0 Å². The fraction of sp³-hybridized carbons (Fsp3) is 0.167. The summed E-state index contributed by atoms with van der Waals surface area (Å²) < 4.78 is 5.58. The van der Waals surface area contributed by atoms with Crippen LogP contribution in [0.25, 0.3) is 0 Å². The number of allylic oxidation sites excluding steroid dienone is 3. The van der Waals surface area contributed by atoms with Crippen LogP contribution in [0.4, 0.5) is 5.69 Å². The summed E-state index contributed by atoms with van der Waals surface area (Å²) in [6.07, 6.45) is 5.76. The highest BCUT2D eigenvalue weighted by Crippen LogP contribution is 2.16. The summed E-state index contributed by atoms with van der Waals surface area (Å²) in [5, 5.41) is 0. The average molecular weight is 189 g/mol. The Morgan fingerprint density at radius 1 is 1.21 bits per heavy atom. The minimum absolute atomic E-state index is 0.741. The molecule has 0 fully saturated rings. The van der Waals surface area contributed by atoms with E-state index < -0.39 is 0 Å². The number of rotatable bonds is 3. The topological polar surface area (TPSA) is 35.2 Å². The van der Waals surface area contributed by atoms with Crippen LogP contribution in [0.2, 0.25) is 0 Å². The first-order valence-corrected chi connectivity index (χ1v) is 4.58. The fourth-order valence-electron chi connectivity index (χ4n) is 1.03. The van der Waals surface area contributed by atoms with Crippen molar-refractivity contribution >= 4 is 5.69 Å². The van der Waals surface area contributed by atoms with Gasteiger partial charge in [-0.1, -0.05) is 6.08 Å². The van der Waals surface area contributed by atoms with Crippen LogP contribution < -0.4 is 10.5 Å². The standard InChI is InChI=1S/C12H15NO/c1-3-5-11(4-2)14-12-8-6-10(13)7-9-12/h3-9H,13H2,1-2H3/b5-3-,11-4+. The summed E-state index contributed by atoms with van der Waals surface area (Å²) in [5.41, 5.74) is 6.31. The molecule has 0 spiro atoms. The van der Waals surface area contributed by atoms with Crippen molar-refractivity contribution in [3.63, 3.8) is 0 Å². The molecule has 1 rings (SSSR count). The number of nitrogens with two attached hydrogens (primary N) is 1. The molecule has 0 saturated carbocycles. The highest BCUT2D eigenvalue weighted by Gasteiger charge is 1.95. The lowest BCUT2D eigenvalue weighted by atomic mass is 10.3. The molecule has 0 aliphatic heterocycles. The zero-order valence-electron chi connectivity index (χ0n) is 8.53. The van der Waals surface area contributed by atoms with Gasteiger partial charge in [0.2, 0.25) is 0 Å². The zero-order valence-corrected chi connectivity index (χ0v) is 8.53. The Bertz CT molecular complexity index is 336. The molecule has 2 nitrogen and oxygen atoms in total. The van der Waals surface area contributed by atoms with E-state index in [1.807, 2.05) is 56.3 Å². The van der Waals surface area contributed by atoms with Crippen molar-refractivity contribution in [2.75, 3.05) is 5.73 Å². The van der Waals surface area contributed by atoms with Gasteiger partial charge >= 0.3 is 0 Å². The first-order chi connectivity index (χ1) is 6.76. The number of ether oxygens (including phenoxy) is 1. The van der Waals surface area contributed by atoms with Crippen LogP contribution in [0, 0.1) is 0 Å². The van der Waals surface area contributed by atoms with Crippen molar-refractivity contribution in [3.8, 4) is 5.75 Å². The summed E-state index contributed by atoms with van der Waals surface area (Å²) in [4.78, 5) is 0. The molecule has 1 aromatic rings. The van der Waals surface area contributed by atoms with Crippen LogP contribution in [0.3, 0.4) is 0 Å². The van der Waals surface area contributed by atoms with Gasteiger partial charge in [0.1, 0.15) is 11.5 Å². The summed E-state index contributed by atoms with van der Waals surface area (Å²) in [6.45, 7) is 3.89. The van der Waals surface area contributed by atoms with Gasteiger partial charge < -0.3 is 10.5 Å². The molecule has 0 aliphatic carbocycles. The zero-order chi connectivity index (χ0) is 10.4. The molecule has 1 aromatic carbocycles. The summed E-state index contributed by atoms with van der Waals surface area (Å²) in [6, 6.07) is 7.33. The largest absolute Gasteiger partial charge is 0.458 e. The Kier molecular flexibility index (Phi) is 3.80. The molecule has 74 valence electrons. The third-order valence-corrected chi connectivity index (χ3v) is 1.73. The number of hydrogen-bond donors (Lipinski definition) is 1. The Labute approximate surface area is 84.7 Å². The van der Waals surface area contributed by atoms with Crippen LogP contribution in [-0.4, -0.2) is 0 Å². The van der Waals surface area contributed by atoms with Crippen LogP contribution in [0.5, 0.6) is 5.75 Å². The molecule has 2 heteroatoms. The summed E-state index contributed by atoms with van der Waals surface area (Å²) >= 11 is 0. The van der Waals surface area contributed by atoms with Crippen molar-refractivity contribution in [2.45, 2.75) is 13.8 Å². The Balaban J connectivity index is 2.73. The molecule has 0 aromatic heterocycles. The first kappa shape index (κ1) is 10.4. The molecule has 0 unspecified atom stereocenters. The van der Waals surface area contributed by atoms with Gasteiger partial charge in [-0.05, 0) is 50.3 Å². The van der Waals surface area contributed by atoms with Crippen molar-refractivity contribution in [1.29, 1.82) is 0 Å². The molecular formula is C12H15NO. The van der Waals surface area contributed by atoms with Gasteiger partial charge in [0.25, 0.3) is 0 Å². The van der Waals surface area contributed by atoms with Gasteiger partial charge in [-0.15, -0.1) is 0 Å². The fourth-order valence-corrected chi connectivity index (χ4v) is 1.03. The van der Waals surface area contributed by atoms with Crippen molar-refractivity contribution in [1.82, 2.24) is 0 Å². The lowest BCUT2D eigenvalue weighted by molar-refractivity contribution is 0.443. The van der Waals surface area contributed by atoms with Crippen LogP contribution in [0.15, 0.2) is 48.3 Å². The van der Waals surface area contributed by atoms with Crippen LogP contribution in [-0.2, 0) is 0 Å². The normalized spacial score (nSPS) is 12.0. The molecule has 0 radical (unpaired) electrons. The lowest BCUT2D eigenvalue weighted by Crippen LogP contribution is -1.92. The maximum Gasteiger partial charge on any atom is 0.127 e. The summed E-state index contributed by atoms with van der Waals surface area (Å²) in [7, 11) is 0. The first-order valence-electron chi connectivity index (χ1n) is 4.58. The van der Waals surface area contributed by atoms with Gasteiger partial charge in [0.05, 0.1) is 0 Å². The number of anilines is 1. The molecule has 2 N–H and O–H groups in total. The van der Waals surface area contributed by atoms with Gasteiger partial charge in [0, 0.05) is 5.69 Å². The van der Waals surface area contributed by atoms with E-state index in [-0.39, 0.29) is 0 Å². The molecule has 0 amide bonds. The number of benzene rings is 1.